The molecule has 0 N–H and O–H groups in total. The molecule has 0 unspecified atom stereocenters. The molecule has 1 fully saturated rings. The van der Waals surface area contributed by atoms with Gasteiger partial charge in [-0.1, -0.05) is 12.1 Å². The van der Waals surface area contributed by atoms with Crippen LogP contribution in [0.1, 0.15) is 40.2 Å². The van der Waals surface area contributed by atoms with E-state index in [1.807, 2.05) is 27.7 Å². The molecule has 108 valence electrons. The maximum absolute atomic E-state index is 14.2. The van der Waals surface area contributed by atoms with Crippen molar-refractivity contribution in [2.75, 3.05) is 0 Å². The number of carbonyl (C=O) groups is 1. The molecule has 1 aromatic rings. The van der Waals surface area contributed by atoms with Gasteiger partial charge < -0.3 is 9.31 Å². The van der Waals surface area contributed by atoms with E-state index < -0.39 is 24.1 Å². The van der Waals surface area contributed by atoms with Gasteiger partial charge in [-0.15, -0.1) is 0 Å². The number of ketones is 1. The number of carbonyl (C=O) groups excluding carboxylic acids is 1. The largest absolute Gasteiger partial charge is 0.497 e. The Hall–Kier alpha value is -1.20. The van der Waals surface area contributed by atoms with Crippen LogP contribution < -0.4 is 5.46 Å². The van der Waals surface area contributed by atoms with Crippen LogP contribution in [0.4, 0.5) is 4.39 Å². The van der Waals surface area contributed by atoms with Crippen LogP contribution in [0.2, 0.25) is 0 Å². The molecule has 0 atom stereocenters. The van der Waals surface area contributed by atoms with Gasteiger partial charge in [0.1, 0.15) is 11.6 Å². The Labute approximate surface area is 119 Å². The molecule has 1 aliphatic heterocycles. The molecule has 0 bridgehead atoms. The molecule has 1 heterocycles. The van der Waals surface area contributed by atoms with E-state index in [4.69, 9.17) is 9.31 Å². The van der Waals surface area contributed by atoms with Crippen molar-refractivity contribution in [3.63, 3.8) is 0 Å². The van der Waals surface area contributed by atoms with Crippen LogP contribution in [-0.2, 0) is 20.5 Å². The molecular weight excluding hydrogens is 258 g/mol. The molecule has 0 aromatic heterocycles. The average Bonchev–Trinajstić information content (AvgIpc) is 2.46. The Balaban J connectivity index is 2.25. The van der Waals surface area contributed by atoms with E-state index in [9.17, 15) is 9.18 Å². The average molecular weight is 278 g/mol. The van der Waals surface area contributed by atoms with Crippen molar-refractivity contribution in [3.05, 3.63) is 29.6 Å². The van der Waals surface area contributed by atoms with Crippen LogP contribution in [0.3, 0.4) is 0 Å². The number of benzene rings is 1. The number of hydrogen-bond donors (Lipinski definition) is 0. The van der Waals surface area contributed by atoms with E-state index in [0.29, 0.717) is 11.0 Å². The summed E-state index contributed by atoms with van der Waals surface area (Å²) < 4.78 is 25.8. The fraction of sp³-hybridized carbons (Fsp3) is 0.533. The number of hydrogen-bond acceptors (Lipinski definition) is 3. The molecule has 5 heteroatoms. The lowest BCUT2D eigenvalue weighted by molar-refractivity contribution is -0.116. The zero-order valence-electron chi connectivity index (χ0n) is 12.6. The maximum Gasteiger partial charge on any atom is 0.497 e. The lowest BCUT2D eigenvalue weighted by Crippen LogP contribution is -2.41. The zero-order chi connectivity index (χ0) is 15.1. The summed E-state index contributed by atoms with van der Waals surface area (Å²) >= 11 is 0. The topological polar surface area (TPSA) is 35.5 Å². The van der Waals surface area contributed by atoms with Gasteiger partial charge in [-0.3, -0.25) is 4.79 Å². The van der Waals surface area contributed by atoms with Crippen LogP contribution in [0.5, 0.6) is 0 Å². The first-order valence-electron chi connectivity index (χ1n) is 6.76. The second-order valence-corrected chi connectivity index (χ2v) is 6.32. The van der Waals surface area contributed by atoms with Crippen LogP contribution in [0.15, 0.2) is 18.2 Å². The second-order valence-electron chi connectivity index (χ2n) is 6.32. The first-order valence-corrected chi connectivity index (χ1v) is 6.76. The van der Waals surface area contributed by atoms with Crippen molar-refractivity contribution in [3.8, 4) is 0 Å². The predicted molar refractivity (Wildman–Crippen MR) is 76.5 cm³/mol. The summed E-state index contributed by atoms with van der Waals surface area (Å²) in [6.07, 6.45) is 0.237. The summed E-state index contributed by atoms with van der Waals surface area (Å²) in [5.74, 6) is -0.393. The molecular formula is C15H20BFO3. The summed E-state index contributed by atoms with van der Waals surface area (Å²) in [4.78, 5) is 11.1. The summed E-state index contributed by atoms with van der Waals surface area (Å²) in [7, 11) is -0.716. The standard InChI is InChI=1S/C15H20BFO3/c1-10(18)8-11-6-7-12(13(17)9-11)16-19-14(2,3)15(4,5)20-16/h6-7,9H,8H2,1-5H3. The lowest BCUT2D eigenvalue weighted by Gasteiger charge is -2.32. The fourth-order valence-electron chi connectivity index (χ4n) is 2.13. The summed E-state index contributed by atoms with van der Waals surface area (Å²) in [6.45, 7) is 9.19. The summed E-state index contributed by atoms with van der Waals surface area (Å²) in [6, 6.07) is 4.75. The minimum absolute atomic E-state index is 0.00721. The van der Waals surface area contributed by atoms with Crippen molar-refractivity contribution in [1.29, 1.82) is 0 Å². The van der Waals surface area contributed by atoms with E-state index in [1.165, 1.54) is 13.0 Å². The van der Waals surface area contributed by atoms with Gasteiger partial charge in [0.15, 0.2) is 0 Å². The van der Waals surface area contributed by atoms with Crippen LogP contribution >= 0.6 is 0 Å². The van der Waals surface area contributed by atoms with Crippen molar-refractivity contribution >= 4 is 18.4 Å². The number of rotatable bonds is 3. The van der Waals surface area contributed by atoms with Crippen molar-refractivity contribution in [1.82, 2.24) is 0 Å². The highest BCUT2D eigenvalue weighted by molar-refractivity contribution is 6.62. The molecule has 1 aromatic carbocycles. The minimum atomic E-state index is -0.716. The molecule has 0 amide bonds. The fourth-order valence-corrected chi connectivity index (χ4v) is 2.13. The molecule has 0 spiro atoms. The highest BCUT2D eigenvalue weighted by Gasteiger charge is 2.52. The van der Waals surface area contributed by atoms with Gasteiger partial charge in [0.05, 0.1) is 11.2 Å². The summed E-state index contributed by atoms with van der Waals surface area (Å²) in [5.41, 5.74) is 0.0378. The van der Waals surface area contributed by atoms with Gasteiger partial charge in [0.2, 0.25) is 0 Å². The Kier molecular flexibility index (Phi) is 3.78. The molecule has 3 nitrogen and oxygen atoms in total. The molecule has 20 heavy (non-hydrogen) atoms. The van der Waals surface area contributed by atoms with Gasteiger partial charge in [-0.2, -0.15) is 0 Å². The number of Topliss-reactive ketones (excluding diaryl/α,β-unsaturated/α-hetero) is 1. The van der Waals surface area contributed by atoms with Gasteiger partial charge in [-0.25, -0.2) is 4.39 Å². The second kappa shape index (κ2) is 4.97. The predicted octanol–water partition coefficient (Wildman–Crippen LogP) is 2.26. The molecule has 1 aliphatic rings. The zero-order valence-corrected chi connectivity index (χ0v) is 12.6. The van der Waals surface area contributed by atoms with E-state index in [-0.39, 0.29) is 12.2 Å². The third-order valence-electron chi connectivity index (χ3n) is 4.03. The minimum Gasteiger partial charge on any atom is -0.399 e. The van der Waals surface area contributed by atoms with Gasteiger partial charge in [0.25, 0.3) is 0 Å². The quantitative estimate of drug-likeness (QED) is 0.795. The first-order chi connectivity index (χ1) is 9.12. The van der Waals surface area contributed by atoms with E-state index >= 15 is 0 Å². The van der Waals surface area contributed by atoms with Crippen molar-refractivity contribution in [2.45, 2.75) is 52.2 Å². The Morgan fingerprint density at radius 2 is 1.75 bits per heavy atom. The molecule has 0 saturated carbocycles. The Bertz CT molecular complexity index is 524. The molecule has 1 saturated heterocycles. The maximum atomic E-state index is 14.2. The van der Waals surface area contributed by atoms with Crippen LogP contribution in [-0.4, -0.2) is 24.1 Å². The normalized spacial score (nSPS) is 20.2. The third-order valence-corrected chi connectivity index (χ3v) is 4.03. The monoisotopic (exact) mass is 278 g/mol. The van der Waals surface area contributed by atoms with Crippen molar-refractivity contribution in [2.24, 2.45) is 0 Å². The SMILES string of the molecule is CC(=O)Cc1ccc(B2OC(C)(C)C(C)(C)O2)c(F)c1. The first kappa shape index (κ1) is 15.2. The van der Waals surface area contributed by atoms with E-state index in [0.717, 1.165) is 0 Å². The van der Waals surface area contributed by atoms with Crippen LogP contribution in [0.25, 0.3) is 0 Å². The Morgan fingerprint density at radius 1 is 1.20 bits per heavy atom. The van der Waals surface area contributed by atoms with E-state index in [1.54, 1.807) is 12.1 Å². The smallest absolute Gasteiger partial charge is 0.399 e. The number of halogens is 1. The van der Waals surface area contributed by atoms with Gasteiger partial charge >= 0.3 is 7.12 Å². The highest BCUT2D eigenvalue weighted by atomic mass is 19.1. The molecule has 0 aliphatic carbocycles. The van der Waals surface area contributed by atoms with Crippen molar-refractivity contribution < 1.29 is 18.5 Å². The van der Waals surface area contributed by atoms with Gasteiger partial charge in [0, 0.05) is 11.9 Å². The Morgan fingerprint density at radius 3 is 2.20 bits per heavy atom. The highest BCUT2D eigenvalue weighted by Crippen LogP contribution is 2.36. The molecule has 0 radical (unpaired) electrons. The summed E-state index contributed by atoms with van der Waals surface area (Å²) in [5, 5.41) is 0. The van der Waals surface area contributed by atoms with Gasteiger partial charge in [-0.05, 0) is 46.2 Å². The van der Waals surface area contributed by atoms with E-state index in [2.05, 4.69) is 0 Å². The molecule has 2 rings (SSSR count). The lowest BCUT2D eigenvalue weighted by atomic mass is 9.78. The van der Waals surface area contributed by atoms with Crippen LogP contribution in [0, 0.1) is 5.82 Å². The third kappa shape index (κ3) is 2.79.